The molecule has 8 heteroatoms. The first-order valence-corrected chi connectivity index (χ1v) is 32.9. The van der Waals surface area contributed by atoms with Crippen LogP contribution in [0.1, 0.15) is 141 Å². The summed E-state index contributed by atoms with van der Waals surface area (Å²) in [6, 6.07) is 62.8. The molecule has 0 bridgehead atoms. The Bertz CT molecular complexity index is 4010. The van der Waals surface area contributed by atoms with E-state index in [0.717, 1.165) is 163 Å². The summed E-state index contributed by atoms with van der Waals surface area (Å²) in [4.78, 5) is 26.6. The van der Waals surface area contributed by atoms with Gasteiger partial charge in [0.25, 0.3) is 0 Å². The third-order valence-corrected chi connectivity index (χ3v) is 16.2. The van der Waals surface area contributed by atoms with Gasteiger partial charge in [0.1, 0.15) is 34.5 Å². The summed E-state index contributed by atoms with van der Waals surface area (Å²) in [5, 5.41) is 8.45. The molecule has 0 saturated heterocycles. The van der Waals surface area contributed by atoms with Crippen molar-refractivity contribution in [2.24, 2.45) is 0 Å². The second kappa shape index (κ2) is 34.6. The predicted octanol–water partition coefficient (Wildman–Crippen LogP) is 22.3. The number of hydrogen-bond acceptors (Lipinski definition) is 8. The van der Waals surface area contributed by atoms with Crippen LogP contribution in [0, 0.1) is 6.92 Å². The third-order valence-electron chi connectivity index (χ3n) is 16.2. The average molecular weight is 1200 g/mol. The van der Waals surface area contributed by atoms with Crippen LogP contribution in [0.2, 0.25) is 0 Å². The molecule has 0 unspecified atom stereocenters. The van der Waals surface area contributed by atoms with E-state index in [1.54, 1.807) is 12.2 Å². The average Bonchev–Trinajstić information content (AvgIpc) is 0.791. The zero-order valence-corrected chi connectivity index (χ0v) is 53.4. The second-order valence-electron chi connectivity index (χ2n) is 23.0. The number of fused-ring (bicyclic) bond motifs is 4. The van der Waals surface area contributed by atoms with Crippen molar-refractivity contribution in [2.75, 3.05) is 26.4 Å². The monoisotopic (exact) mass is 1200 g/mol. The third kappa shape index (κ3) is 18.0. The number of aryl methyl sites for hydroxylation is 1. The van der Waals surface area contributed by atoms with Gasteiger partial charge in [-0.25, -0.2) is 9.59 Å². The summed E-state index contributed by atoms with van der Waals surface area (Å²) in [7, 11) is 0. The van der Waals surface area contributed by atoms with Gasteiger partial charge in [-0.05, 0) is 153 Å². The molecule has 0 radical (unpaired) electrons. The molecule has 0 aliphatic heterocycles. The van der Waals surface area contributed by atoms with E-state index in [1.807, 2.05) is 134 Å². The summed E-state index contributed by atoms with van der Waals surface area (Å²) in [5.41, 5.74) is 6.45. The van der Waals surface area contributed by atoms with Crippen LogP contribution in [-0.2, 0) is 9.59 Å². The van der Waals surface area contributed by atoms with Gasteiger partial charge in [-0.2, -0.15) is 0 Å². The largest absolute Gasteiger partial charge is 0.494 e. The highest BCUT2D eigenvalue weighted by Crippen LogP contribution is 2.47. The number of unbranched alkanes of at least 4 members (excludes halogenated alkanes) is 11. The maximum atomic E-state index is 13.3. The Labute approximate surface area is 533 Å². The minimum Gasteiger partial charge on any atom is -0.494 e. The van der Waals surface area contributed by atoms with Gasteiger partial charge < -0.3 is 28.4 Å². The lowest BCUT2D eigenvalue weighted by Crippen LogP contribution is -2.06. The normalized spacial score (nSPS) is 11.3. The molecule has 0 amide bonds. The van der Waals surface area contributed by atoms with Crippen LogP contribution in [0.4, 0.5) is 0 Å². The fraction of sp³-hybridized carbons (Fsp3) is 0.293. The Morgan fingerprint density at radius 2 is 0.644 bits per heavy atom. The van der Waals surface area contributed by atoms with Gasteiger partial charge in [-0.15, -0.1) is 0 Å². The van der Waals surface area contributed by atoms with Crippen LogP contribution in [0.3, 0.4) is 0 Å². The van der Waals surface area contributed by atoms with Crippen LogP contribution in [0.5, 0.6) is 34.5 Å². The van der Waals surface area contributed by atoms with Crippen molar-refractivity contribution in [2.45, 2.75) is 131 Å². The summed E-state index contributed by atoms with van der Waals surface area (Å²) in [6.45, 7) is 13.6. The summed E-state index contributed by atoms with van der Waals surface area (Å²) < 4.78 is 36.9. The highest BCUT2D eigenvalue weighted by atomic mass is 16.5. The molecule has 0 heterocycles. The Kier molecular flexibility index (Phi) is 25.1. The lowest BCUT2D eigenvalue weighted by atomic mass is 9.92. The van der Waals surface area contributed by atoms with Gasteiger partial charge in [0, 0.05) is 34.4 Å². The Morgan fingerprint density at radius 1 is 0.322 bits per heavy atom. The molecular formula is C82H88O8. The standard InChI is InChI=1S/2C41H44O4/c1-4-6-8-14-28-43-36-23-19-31(29-30(36)3)20-26-39(42)45-38-25-22-33-16-10-12-18-35(33)41(38)40-34-17-11-9-15-32(34)21-24-37(40)44-27-13-7-5-2;1-3-5-7-13-29-43-34-24-19-31(20-25-34)21-28-39(42)45-38-27-23-33-16-10-12-18-36(33)41(38)40-35-17-11-9-15-32(35)22-26-37(40)44-30-14-8-6-4-2/h9-12,15-26,29H,4-8,13-14,27-28H2,1-3H3;9-12,15-28H,3-8,13-14,29-30H2,1-2H3/b26-20-;28-21+. The second-order valence-corrected chi connectivity index (χ2v) is 23.0. The minimum atomic E-state index is -0.440. The lowest BCUT2D eigenvalue weighted by molar-refractivity contribution is -0.129. The van der Waals surface area contributed by atoms with Gasteiger partial charge in [0.05, 0.1) is 26.4 Å². The van der Waals surface area contributed by atoms with Gasteiger partial charge in [-0.3, -0.25) is 0 Å². The van der Waals surface area contributed by atoms with Crippen LogP contribution in [-0.4, -0.2) is 38.4 Å². The zero-order chi connectivity index (χ0) is 62.7. The van der Waals surface area contributed by atoms with Gasteiger partial charge in [0.2, 0.25) is 0 Å². The SMILES string of the molecule is CCCCCCOc1ccc(/C=C/C(=O)Oc2ccc3ccccc3c2-c2c(OCCCCCC)ccc3ccccc23)cc1.CCCCCCOc1ccc(/C=C\C(=O)Oc2ccc3ccccc3c2-c2c(OCCCCC)ccc3ccccc23)cc1C. The fourth-order valence-electron chi connectivity index (χ4n) is 11.3. The molecule has 8 nitrogen and oxygen atoms in total. The van der Waals surface area contributed by atoms with Crippen molar-refractivity contribution in [3.8, 4) is 56.8 Å². The van der Waals surface area contributed by atoms with Crippen LogP contribution in [0.25, 0.3) is 77.5 Å². The van der Waals surface area contributed by atoms with Crippen LogP contribution in [0.15, 0.2) is 200 Å². The lowest BCUT2D eigenvalue weighted by Gasteiger charge is -2.19. The van der Waals surface area contributed by atoms with E-state index in [-0.39, 0.29) is 0 Å². The molecule has 90 heavy (non-hydrogen) atoms. The topological polar surface area (TPSA) is 89.5 Å². The van der Waals surface area contributed by atoms with E-state index >= 15 is 0 Å². The highest BCUT2D eigenvalue weighted by molar-refractivity contribution is 6.12. The van der Waals surface area contributed by atoms with E-state index in [4.69, 9.17) is 28.4 Å². The molecule has 0 aliphatic carbocycles. The molecule has 0 aromatic heterocycles. The van der Waals surface area contributed by atoms with E-state index in [9.17, 15) is 9.59 Å². The summed E-state index contributed by atoms with van der Waals surface area (Å²) in [5.74, 6) is 3.43. The van der Waals surface area contributed by atoms with Crippen molar-refractivity contribution in [3.63, 3.8) is 0 Å². The molecule has 10 aromatic carbocycles. The van der Waals surface area contributed by atoms with E-state index in [0.29, 0.717) is 24.7 Å². The maximum Gasteiger partial charge on any atom is 0.336 e. The first-order chi connectivity index (χ1) is 44.3. The first-order valence-electron chi connectivity index (χ1n) is 32.9. The molecule has 10 rings (SSSR count). The molecule has 0 fully saturated rings. The Hall–Kier alpha value is -9.14. The van der Waals surface area contributed by atoms with Gasteiger partial charge >= 0.3 is 11.9 Å². The number of benzene rings is 10. The molecule has 0 saturated carbocycles. The quantitative estimate of drug-likeness (QED) is 0.0184. The highest BCUT2D eigenvalue weighted by Gasteiger charge is 2.22. The number of carbonyl (C=O) groups excluding carboxylic acids is 2. The van der Waals surface area contributed by atoms with Crippen LogP contribution < -0.4 is 28.4 Å². The van der Waals surface area contributed by atoms with Crippen molar-refractivity contribution in [1.29, 1.82) is 0 Å². The number of carbonyl (C=O) groups is 2. The smallest absolute Gasteiger partial charge is 0.336 e. The summed E-state index contributed by atoms with van der Waals surface area (Å²) in [6.07, 6.45) is 23.6. The zero-order valence-electron chi connectivity index (χ0n) is 53.4. The summed E-state index contributed by atoms with van der Waals surface area (Å²) >= 11 is 0. The van der Waals surface area contributed by atoms with Gasteiger partial charge in [-0.1, -0.05) is 238 Å². The fourth-order valence-corrected chi connectivity index (χ4v) is 11.3. The van der Waals surface area contributed by atoms with E-state index in [1.165, 1.54) is 63.5 Å². The molecule has 10 aromatic rings. The molecule has 0 aliphatic rings. The Morgan fingerprint density at radius 3 is 1.06 bits per heavy atom. The van der Waals surface area contributed by atoms with Crippen molar-refractivity contribution >= 4 is 67.2 Å². The molecule has 0 N–H and O–H groups in total. The number of hydrogen-bond donors (Lipinski definition) is 0. The van der Waals surface area contributed by atoms with Crippen LogP contribution >= 0.6 is 0 Å². The first kappa shape index (κ1) is 65.3. The number of esters is 2. The molecule has 0 atom stereocenters. The van der Waals surface area contributed by atoms with Gasteiger partial charge in [0.15, 0.2) is 0 Å². The molecule has 0 spiro atoms. The maximum absolute atomic E-state index is 13.3. The van der Waals surface area contributed by atoms with E-state index < -0.39 is 11.9 Å². The van der Waals surface area contributed by atoms with E-state index in [2.05, 4.69) is 88.4 Å². The molecular weight excluding hydrogens is 1110 g/mol. The predicted molar refractivity (Wildman–Crippen MR) is 375 cm³/mol. The number of rotatable bonds is 31. The van der Waals surface area contributed by atoms with Crippen molar-refractivity contribution < 1.29 is 38.0 Å². The minimum absolute atomic E-state index is 0.439. The van der Waals surface area contributed by atoms with Crippen molar-refractivity contribution in [3.05, 3.63) is 217 Å². The number of ether oxygens (including phenoxy) is 6. The Balaban J connectivity index is 0.000000213. The molecule has 464 valence electrons. The van der Waals surface area contributed by atoms with Crippen molar-refractivity contribution in [1.82, 2.24) is 0 Å².